The molecule has 1 aliphatic rings. The lowest BCUT2D eigenvalue weighted by atomic mass is 10.2. The number of anilines is 1. The van der Waals surface area contributed by atoms with E-state index in [-0.39, 0.29) is 6.03 Å². The summed E-state index contributed by atoms with van der Waals surface area (Å²) >= 11 is 0. The van der Waals surface area contributed by atoms with Crippen molar-refractivity contribution in [3.05, 3.63) is 23.8 Å². The average Bonchev–Trinajstić information content (AvgIpc) is 3.34. The Morgan fingerprint density at radius 2 is 2.22 bits per heavy atom. The van der Waals surface area contributed by atoms with Crippen LogP contribution in [-0.2, 0) is 0 Å². The molecule has 0 heterocycles. The maximum absolute atomic E-state index is 12.2. The average molecular weight is 320 g/mol. The van der Waals surface area contributed by atoms with E-state index in [1.54, 1.807) is 7.05 Å². The topological polar surface area (TPSA) is 61.8 Å². The van der Waals surface area contributed by atoms with Crippen LogP contribution in [0.2, 0.25) is 0 Å². The largest absolute Gasteiger partial charge is 0.494 e. The molecule has 1 atom stereocenters. The summed E-state index contributed by atoms with van der Waals surface area (Å²) in [6, 6.07) is 5.47. The highest BCUT2D eigenvalue weighted by Gasteiger charge is 2.31. The predicted octanol–water partition coefficient (Wildman–Crippen LogP) is 3.41. The number of benzene rings is 1. The van der Waals surface area contributed by atoms with Gasteiger partial charge in [-0.05, 0) is 55.9 Å². The number of carbonyl (C=O) groups is 1. The molecule has 5 nitrogen and oxygen atoms in total. The number of urea groups is 1. The zero-order valence-corrected chi connectivity index (χ0v) is 14.3. The van der Waals surface area contributed by atoms with Gasteiger partial charge in [-0.3, -0.25) is 0 Å². The zero-order chi connectivity index (χ0) is 16.8. The van der Waals surface area contributed by atoms with Crippen molar-refractivity contribution in [1.29, 1.82) is 0 Å². The van der Waals surface area contributed by atoms with Crippen LogP contribution >= 0.6 is 0 Å². The number of hydrogen-bond acceptors (Lipinski definition) is 3. The first-order valence-electron chi connectivity index (χ1n) is 8.45. The quantitative estimate of drug-likeness (QED) is 0.722. The van der Waals surface area contributed by atoms with Gasteiger partial charge < -0.3 is 20.1 Å². The van der Waals surface area contributed by atoms with Gasteiger partial charge in [0.2, 0.25) is 0 Å². The zero-order valence-electron chi connectivity index (χ0n) is 14.3. The molecule has 1 fully saturated rings. The third-order valence-electron chi connectivity index (χ3n) is 4.18. The summed E-state index contributed by atoms with van der Waals surface area (Å²) in [5.41, 5.74) is 1.73. The molecular weight excluding hydrogens is 292 g/mol. The van der Waals surface area contributed by atoms with Crippen LogP contribution in [0.25, 0.3) is 0 Å². The van der Waals surface area contributed by atoms with E-state index in [1.807, 2.05) is 25.1 Å². The minimum absolute atomic E-state index is 0.201. The number of rotatable bonds is 8. The van der Waals surface area contributed by atoms with Crippen LogP contribution in [0.3, 0.4) is 0 Å². The third-order valence-corrected chi connectivity index (χ3v) is 4.18. The smallest absolute Gasteiger partial charge is 0.321 e. The third kappa shape index (κ3) is 5.43. The van der Waals surface area contributed by atoms with Crippen molar-refractivity contribution in [2.45, 2.75) is 45.6 Å². The Morgan fingerprint density at radius 3 is 2.83 bits per heavy atom. The van der Waals surface area contributed by atoms with Gasteiger partial charge in [-0.15, -0.1) is 0 Å². The van der Waals surface area contributed by atoms with Crippen LogP contribution in [-0.4, -0.2) is 42.3 Å². The van der Waals surface area contributed by atoms with Gasteiger partial charge >= 0.3 is 6.03 Å². The van der Waals surface area contributed by atoms with Crippen molar-refractivity contribution in [2.24, 2.45) is 5.92 Å². The van der Waals surface area contributed by atoms with Crippen molar-refractivity contribution >= 4 is 11.7 Å². The minimum atomic E-state index is -0.416. The van der Waals surface area contributed by atoms with Crippen molar-refractivity contribution in [1.82, 2.24) is 4.90 Å². The van der Waals surface area contributed by atoms with Crippen molar-refractivity contribution in [3.63, 3.8) is 0 Å². The number of ether oxygens (including phenoxy) is 1. The van der Waals surface area contributed by atoms with Crippen LogP contribution in [0.5, 0.6) is 5.75 Å². The molecule has 2 N–H and O–H groups in total. The summed E-state index contributed by atoms with van der Waals surface area (Å²) in [5.74, 6) is 1.19. The first kappa shape index (κ1) is 17.6. The van der Waals surface area contributed by atoms with E-state index < -0.39 is 6.10 Å². The molecular formula is C18H28N2O3. The van der Waals surface area contributed by atoms with E-state index in [1.165, 1.54) is 4.90 Å². The Morgan fingerprint density at radius 1 is 1.48 bits per heavy atom. The summed E-state index contributed by atoms with van der Waals surface area (Å²) in [5, 5.41) is 12.8. The molecule has 0 spiro atoms. The fourth-order valence-electron chi connectivity index (χ4n) is 2.40. The van der Waals surface area contributed by atoms with E-state index in [9.17, 15) is 9.90 Å². The highest BCUT2D eigenvalue weighted by atomic mass is 16.5. The maximum atomic E-state index is 12.2. The Hall–Kier alpha value is -1.75. The number of likely N-dealkylation sites (N-methyl/N-ethyl adjacent to an activating group) is 1. The SMILES string of the molecule is CCCCOc1ccc(NC(=O)N(C)CC(O)C2CC2)c(C)c1. The van der Waals surface area contributed by atoms with Gasteiger partial charge in [-0.25, -0.2) is 4.79 Å². The first-order valence-corrected chi connectivity index (χ1v) is 8.45. The number of aliphatic hydroxyl groups is 1. The Bertz CT molecular complexity index is 529. The van der Waals surface area contributed by atoms with E-state index in [0.717, 1.165) is 42.7 Å². The van der Waals surface area contributed by atoms with Gasteiger partial charge in [0.05, 0.1) is 12.7 Å². The lowest BCUT2D eigenvalue weighted by Gasteiger charge is -2.22. The number of aryl methyl sites for hydroxylation is 1. The van der Waals surface area contributed by atoms with Crippen molar-refractivity contribution in [3.8, 4) is 5.75 Å². The fourth-order valence-corrected chi connectivity index (χ4v) is 2.40. The normalized spacial score (nSPS) is 15.1. The molecule has 5 heteroatoms. The number of unbranched alkanes of at least 4 members (excludes halogenated alkanes) is 1. The number of nitrogens with one attached hydrogen (secondary N) is 1. The molecule has 0 aliphatic heterocycles. The summed E-state index contributed by atoms with van der Waals surface area (Å²) in [4.78, 5) is 13.7. The summed E-state index contributed by atoms with van der Waals surface area (Å²) in [7, 11) is 1.71. The lowest BCUT2D eigenvalue weighted by Crippen LogP contribution is -2.38. The number of aliphatic hydroxyl groups excluding tert-OH is 1. The standard InChI is InChI=1S/C18H28N2O3/c1-4-5-10-23-15-8-9-16(13(2)11-15)19-18(22)20(3)12-17(21)14-6-7-14/h8-9,11,14,17,21H,4-7,10,12H2,1-3H3,(H,19,22). The second-order valence-electron chi connectivity index (χ2n) is 6.39. The van der Waals surface area contributed by atoms with E-state index in [4.69, 9.17) is 4.74 Å². The van der Waals surface area contributed by atoms with Gasteiger partial charge in [0.25, 0.3) is 0 Å². The molecule has 23 heavy (non-hydrogen) atoms. The van der Waals surface area contributed by atoms with Gasteiger partial charge in [0.15, 0.2) is 0 Å². The van der Waals surface area contributed by atoms with E-state index >= 15 is 0 Å². The minimum Gasteiger partial charge on any atom is -0.494 e. The van der Waals surface area contributed by atoms with Crippen molar-refractivity contribution < 1.29 is 14.6 Å². The first-order chi connectivity index (χ1) is 11.0. The molecule has 0 bridgehead atoms. The molecule has 2 amide bonds. The fraction of sp³-hybridized carbons (Fsp3) is 0.611. The predicted molar refractivity (Wildman–Crippen MR) is 92.0 cm³/mol. The molecule has 1 saturated carbocycles. The van der Waals surface area contributed by atoms with Crippen LogP contribution in [0, 0.1) is 12.8 Å². The van der Waals surface area contributed by atoms with Crippen LogP contribution in [0.1, 0.15) is 38.2 Å². The second-order valence-corrected chi connectivity index (χ2v) is 6.39. The highest BCUT2D eigenvalue weighted by molar-refractivity contribution is 5.90. The molecule has 1 aliphatic carbocycles. The molecule has 1 aromatic carbocycles. The van der Waals surface area contributed by atoms with E-state index in [0.29, 0.717) is 19.1 Å². The summed E-state index contributed by atoms with van der Waals surface area (Å²) in [6.07, 6.45) is 3.85. The molecule has 128 valence electrons. The molecule has 1 unspecified atom stereocenters. The molecule has 0 radical (unpaired) electrons. The van der Waals surface area contributed by atoms with Crippen molar-refractivity contribution in [2.75, 3.05) is 25.5 Å². The molecule has 1 aromatic rings. The van der Waals surface area contributed by atoms with Gasteiger partial charge in [0, 0.05) is 19.3 Å². The summed E-state index contributed by atoms with van der Waals surface area (Å²) in [6.45, 7) is 5.16. The number of hydrogen-bond donors (Lipinski definition) is 2. The van der Waals surface area contributed by atoms with Crippen LogP contribution in [0.4, 0.5) is 10.5 Å². The van der Waals surface area contributed by atoms with E-state index in [2.05, 4.69) is 12.2 Å². The molecule has 2 rings (SSSR count). The Balaban J connectivity index is 1.86. The van der Waals surface area contributed by atoms with Gasteiger partial charge in [-0.2, -0.15) is 0 Å². The second kappa shape index (κ2) is 8.20. The maximum Gasteiger partial charge on any atom is 0.321 e. The van der Waals surface area contributed by atoms with Crippen LogP contribution < -0.4 is 10.1 Å². The molecule has 0 aromatic heterocycles. The number of amides is 2. The highest BCUT2D eigenvalue weighted by Crippen LogP contribution is 2.32. The number of carbonyl (C=O) groups excluding carboxylic acids is 1. The molecule has 0 saturated heterocycles. The van der Waals surface area contributed by atoms with Crippen LogP contribution in [0.15, 0.2) is 18.2 Å². The Kier molecular flexibility index (Phi) is 6.28. The monoisotopic (exact) mass is 320 g/mol. The van der Waals surface area contributed by atoms with Gasteiger partial charge in [-0.1, -0.05) is 13.3 Å². The van der Waals surface area contributed by atoms with Gasteiger partial charge in [0.1, 0.15) is 5.75 Å². The summed E-state index contributed by atoms with van der Waals surface area (Å²) < 4.78 is 5.66. The lowest BCUT2D eigenvalue weighted by molar-refractivity contribution is 0.117. The Labute approximate surface area is 138 Å². The number of nitrogens with zero attached hydrogens (tertiary/aromatic N) is 1.